The van der Waals surface area contributed by atoms with Gasteiger partial charge in [-0.25, -0.2) is 0 Å². The molecule has 0 amide bonds. The van der Waals surface area contributed by atoms with E-state index in [1.807, 2.05) is 6.92 Å². The molecule has 0 aromatic heterocycles. The van der Waals surface area contributed by atoms with Crippen molar-refractivity contribution in [3.8, 4) is 0 Å². The minimum absolute atomic E-state index is 0.210. The lowest BCUT2D eigenvalue weighted by Crippen LogP contribution is -2.21. The molecule has 0 aliphatic rings. The van der Waals surface area contributed by atoms with E-state index in [9.17, 15) is 0 Å². The van der Waals surface area contributed by atoms with Crippen molar-refractivity contribution in [3.05, 3.63) is 28.2 Å². The van der Waals surface area contributed by atoms with E-state index in [2.05, 4.69) is 59.9 Å². The van der Waals surface area contributed by atoms with E-state index in [1.165, 1.54) is 17.7 Å². The number of hydrogen-bond acceptors (Lipinski definition) is 2. The van der Waals surface area contributed by atoms with Gasteiger partial charge >= 0.3 is 0 Å². The maximum absolute atomic E-state index is 5.83. The van der Waals surface area contributed by atoms with Crippen LogP contribution in [0.1, 0.15) is 32.8 Å². The first-order valence-corrected chi connectivity index (χ1v) is 7.44. The Morgan fingerprint density at radius 2 is 1.94 bits per heavy atom. The molecule has 1 aromatic rings. The highest BCUT2D eigenvalue weighted by Gasteiger charge is 2.08. The predicted octanol–water partition coefficient (Wildman–Crippen LogP) is 3.82. The van der Waals surface area contributed by atoms with Gasteiger partial charge in [-0.3, -0.25) is 0 Å². The summed E-state index contributed by atoms with van der Waals surface area (Å²) in [5, 5.41) is 0. The topological polar surface area (TPSA) is 29.3 Å². The summed E-state index contributed by atoms with van der Waals surface area (Å²) >= 11 is 3.66. The molecule has 1 atom stereocenters. The van der Waals surface area contributed by atoms with Crippen LogP contribution in [-0.2, 0) is 6.42 Å². The van der Waals surface area contributed by atoms with E-state index in [0.29, 0.717) is 0 Å². The van der Waals surface area contributed by atoms with Gasteiger partial charge in [0.2, 0.25) is 0 Å². The summed E-state index contributed by atoms with van der Waals surface area (Å²) in [6.45, 7) is 7.64. The number of rotatable bonds is 6. The summed E-state index contributed by atoms with van der Waals surface area (Å²) in [6, 6.07) is 6.75. The van der Waals surface area contributed by atoms with Gasteiger partial charge in [-0.1, -0.05) is 19.9 Å². The second kappa shape index (κ2) is 7.15. The average Bonchev–Trinajstić information content (AvgIpc) is 2.25. The first kappa shape index (κ1) is 15.5. The maximum atomic E-state index is 5.83. The highest BCUT2D eigenvalue weighted by Crippen LogP contribution is 2.27. The van der Waals surface area contributed by atoms with Gasteiger partial charge < -0.3 is 10.6 Å². The van der Waals surface area contributed by atoms with Crippen LogP contribution in [0.2, 0.25) is 0 Å². The number of nitrogens with zero attached hydrogens (tertiary/aromatic N) is 1. The molecule has 0 fully saturated rings. The molecule has 0 heterocycles. The van der Waals surface area contributed by atoms with E-state index in [4.69, 9.17) is 5.73 Å². The van der Waals surface area contributed by atoms with Gasteiger partial charge in [-0.05, 0) is 59.3 Å². The lowest BCUT2D eigenvalue weighted by molar-refractivity contribution is 0.585. The van der Waals surface area contributed by atoms with Crippen molar-refractivity contribution in [1.82, 2.24) is 0 Å². The predicted molar refractivity (Wildman–Crippen MR) is 84.2 cm³/mol. The Bertz CT molecular complexity index is 375. The van der Waals surface area contributed by atoms with Crippen LogP contribution >= 0.6 is 15.9 Å². The number of benzene rings is 1. The molecule has 0 aliphatic heterocycles. The molecule has 1 aromatic carbocycles. The standard InChI is InChI=1S/C15H25BrN2/c1-11(2)7-8-18(4)15-6-5-13(9-12(3)17)10-14(15)16/h5-6,10-12H,7-9,17H2,1-4H3. The summed E-state index contributed by atoms with van der Waals surface area (Å²) in [6.07, 6.45) is 2.14. The molecule has 0 bridgehead atoms. The first-order chi connectivity index (χ1) is 8.40. The smallest absolute Gasteiger partial charge is 0.0508 e. The van der Waals surface area contributed by atoms with Crippen LogP contribution < -0.4 is 10.6 Å². The quantitative estimate of drug-likeness (QED) is 0.865. The molecule has 0 aliphatic carbocycles. The number of halogens is 1. The number of hydrogen-bond donors (Lipinski definition) is 1. The number of nitrogens with two attached hydrogens (primary N) is 1. The third-order valence-corrected chi connectivity index (χ3v) is 3.66. The minimum Gasteiger partial charge on any atom is -0.374 e. The van der Waals surface area contributed by atoms with Crippen LogP contribution in [0.15, 0.2) is 22.7 Å². The van der Waals surface area contributed by atoms with Crippen LogP contribution in [-0.4, -0.2) is 19.6 Å². The molecular formula is C15H25BrN2. The van der Waals surface area contributed by atoms with Crippen LogP contribution in [0.4, 0.5) is 5.69 Å². The lowest BCUT2D eigenvalue weighted by Gasteiger charge is -2.22. The van der Waals surface area contributed by atoms with E-state index >= 15 is 0 Å². The fraction of sp³-hybridized carbons (Fsp3) is 0.600. The summed E-state index contributed by atoms with van der Waals surface area (Å²) in [5.74, 6) is 0.739. The van der Waals surface area contributed by atoms with Gasteiger partial charge in [-0.2, -0.15) is 0 Å². The Hall–Kier alpha value is -0.540. The Kier molecular flexibility index (Phi) is 6.16. The van der Waals surface area contributed by atoms with Gasteiger partial charge in [-0.15, -0.1) is 0 Å². The van der Waals surface area contributed by atoms with E-state index in [1.54, 1.807) is 0 Å². The summed E-state index contributed by atoms with van der Waals surface area (Å²) < 4.78 is 1.16. The SMILES string of the molecule is CC(C)CCN(C)c1ccc(CC(C)N)cc1Br. The molecule has 2 N–H and O–H groups in total. The van der Waals surface area contributed by atoms with Gasteiger partial charge in [0.15, 0.2) is 0 Å². The lowest BCUT2D eigenvalue weighted by atomic mass is 10.1. The third-order valence-electron chi connectivity index (χ3n) is 3.02. The Morgan fingerprint density at radius 3 is 2.44 bits per heavy atom. The number of anilines is 1. The van der Waals surface area contributed by atoms with Crippen molar-refractivity contribution in [3.63, 3.8) is 0 Å². The average molecular weight is 313 g/mol. The molecule has 0 saturated heterocycles. The molecule has 18 heavy (non-hydrogen) atoms. The molecule has 0 radical (unpaired) electrons. The molecule has 1 rings (SSSR count). The normalized spacial score (nSPS) is 12.8. The molecule has 2 nitrogen and oxygen atoms in total. The second-order valence-electron chi connectivity index (χ2n) is 5.57. The van der Waals surface area contributed by atoms with Crippen molar-refractivity contribution in [2.24, 2.45) is 11.7 Å². The summed E-state index contributed by atoms with van der Waals surface area (Å²) in [5.41, 5.74) is 8.37. The monoisotopic (exact) mass is 312 g/mol. The van der Waals surface area contributed by atoms with E-state index in [0.717, 1.165) is 23.4 Å². The largest absolute Gasteiger partial charge is 0.374 e. The van der Waals surface area contributed by atoms with Crippen LogP contribution in [0.5, 0.6) is 0 Å². The van der Waals surface area contributed by atoms with Crippen molar-refractivity contribution in [1.29, 1.82) is 0 Å². The molecule has 0 spiro atoms. The van der Waals surface area contributed by atoms with Crippen LogP contribution in [0.25, 0.3) is 0 Å². The van der Waals surface area contributed by atoms with Gasteiger partial charge in [0.25, 0.3) is 0 Å². The first-order valence-electron chi connectivity index (χ1n) is 6.65. The van der Waals surface area contributed by atoms with Crippen LogP contribution in [0, 0.1) is 5.92 Å². The Morgan fingerprint density at radius 1 is 1.28 bits per heavy atom. The molecule has 1 unspecified atom stereocenters. The second-order valence-corrected chi connectivity index (χ2v) is 6.43. The molecule has 0 saturated carbocycles. The van der Waals surface area contributed by atoms with Crippen molar-refractivity contribution in [2.45, 2.75) is 39.7 Å². The zero-order chi connectivity index (χ0) is 13.7. The maximum Gasteiger partial charge on any atom is 0.0508 e. The molecule has 102 valence electrons. The fourth-order valence-corrected chi connectivity index (χ4v) is 2.66. The third kappa shape index (κ3) is 4.99. The molecule has 3 heteroatoms. The molecular weight excluding hydrogens is 288 g/mol. The van der Waals surface area contributed by atoms with Gasteiger partial charge in [0.1, 0.15) is 0 Å². The summed E-state index contributed by atoms with van der Waals surface area (Å²) in [7, 11) is 2.15. The fourth-order valence-electron chi connectivity index (χ4n) is 1.93. The van der Waals surface area contributed by atoms with E-state index in [-0.39, 0.29) is 6.04 Å². The highest BCUT2D eigenvalue weighted by molar-refractivity contribution is 9.10. The minimum atomic E-state index is 0.210. The zero-order valence-electron chi connectivity index (χ0n) is 11.9. The van der Waals surface area contributed by atoms with E-state index < -0.39 is 0 Å². The van der Waals surface area contributed by atoms with Gasteiger partial charge in [0.05, 0.1) is 5.69 Å². The highest BCUT2D eigenvalue weighted by atomic mass is 79.9. The van der Waals surface area contributed by atoms with Crippen molar-refractivity contribution >= 4 is 21.6 Å². The van der Waals surface area contributed by atoms with Crippen LogP contribution in [0.3, 0.4) is 0 Å². The Balaban J connectivity index is 2.72. The Labute approximate surface area is 120 Å². The van der Waals surface area contributed by atoms with Crippen molar-refractivity contribution in [2.75, 3.05) is 18.5 Å². The van der Waals surface area contributed by atoms with Crippen molar-refractivity contribution < 1.29 is 0 Å². The zero-order valence-corrected chi connectivity index (χ0v) is 13.5. The summed E-state index contributed by atoms with van der Waals surface area (Å²) in [4.78, 5) is 2.31. The van der Waals surface area contributed by atoms with Gasteiger partial charge in [0, 0.05) is 24.1 Å².